The van der Waals surface area contributed by atoms with Gasteiger partial charge in [-0.3, -0.25) is 4.90 Å². The van der Waals surface area contributed by atoms with Gasteiger partial charge in [0.1, 0.15) is 12.1 Å². The van der Waals surface area contributed by atoms with E-state index in [0.29, 0.717) is 17.9 Å². The summed E-state index contributed by atoms with van der Waals surface area (Å²) in [6, 6.07) is 18.2. The van der Waals surface area contributed by atoms with E-state index in [4.69, 9.17) is 18.0 Å². The fraction of sp³-hybridized carbons (Fsp3) is 0.241. The van der Waals surface area contributed by atoms with Gasteiger partial charge in [0.05, 0.1) is 5.69 Å². The van der Waals surface area contributed by atoms with Gasteiger partial charge in [-0.25, -0.2) is 14.5 Å². The monoisotopic (exact) mass is 582 g/mol. The highest BCUT2D eigenvalue weighted by Gasteiger charge is 2.31. The zero-order valence-electron chi connectivity index (χ0n) is 22.6. The molecular weight excluding hydrogens is 553 g/mol. The maximum atomic E-state index is 12.4. The number of alkyl halides is 3. The number of amides is 2. The Labute approximate surface area is 240 Å². The Morgan fingerprint density at radius 2 is 1.78 bits per heavy atom. The fourth-order valence-corrected chi connectivity index (χ4v) is 4.45. The standard InChI is InChI=1S/C29H29F3N6O2S/c1-18(2)24-13-4-19(3)16-25(24)35-28(41)37(27(33)39)15-14-20-5-7-21(8-6-20)26-34-17-38(36-26)22-9-11-23(12-10-22)40-29(30,31)32/h4-13,16-18H,14-15H2,1-3H3,(H2,33,39)(H,35,41). The van der Waals surface area contributed by atoms with Gasteiger partial charge in [0.2, 0.25) is 0 Å². The minimum atomic E-state index is -4.76. The number of benzene rings is 3. The molecule has 3 N–H and O–H groups in total. The third-order valence-electron chi connectivity index (χ3n) is 6.25. The molecule has 0 spiro atoms. The van der Waals surface area contributed by atoms with Gasteiger partial charge in [-0.1, -0.05) is 50.2 Å². The summed E-state index contributed by atoms with van der Waals surface area (Å²) in [7, 11) is 0. The minimum absolute atomic E-state index is 0.231. The van der Waals surface area contributed by atoms with Gasteiger partial charge in [-0.2, -0.15) is 0 Å². The number of carbonyl (C=O) groups excluding carboxylic acids is 1. The van der Waals surface area contributed by atoms with E-state index in [-0.39, 0.29) is 23.3 Å². The molecule has 3 aromatic carbocycles. The molecule has 0 aliphatic carbocycles. The minimum Gasteiger partial charge on any atom is -0.406 e. The molecule has 0 aliphatic heterocycles. The van der Waals surface area contributed by atoms with E-state index >= 15 is 0 Å². The first-order valence-corrected chi connectivity index (χ1v) is 13.2. The number of hydrogen-bond acceptors (Lipinski definition) is 5. The van der Waals surface area contributed by atoms with E-state index in [2.05, 4.69) is 34.0 Å². The van der Waals surface area contributed by atoms with Crippen molar-refractivity contribution in [2.75, 3.05) is 11.9 Å². The van der Waals surface area contributed by atoms with Crippen molar-refractivity contribution in [3.05, 3.63) is 89.7 Å². The summed E-state index contributed by atoms with van der Waals surface area (Å²) in [4.78, 5) is 17.9. The van der Waals surface area contributed by atoms with E-state index in [1.165, 1.54) is 40.2 Å². The second-order valence-corrected chi connectivity index (χ2v) is 10.1. The van der Waals surface area contributed by atoms with Crippen LogP contribution < -0.4 is 15.8 Å². The lowest BCUT2D eigenvalue weighted by Gasteiger charge is -2.24. The van der Waals surface area contributed by atoms with Crippen LogP contribution in [0.4, 0.5) is 23.7 Å². The zero-order chi connectivity index (χ0) is 29.7. The predicted octanol–water partition coefficient (Wildman–Crippen LogP) is 6.58. The van der Waals surface area contributed by atoms with Crippen molar-refractivity contribution in [1.29, 1.82) is 0 Å². The van der Waals surface area contributed by atoms with Crippen LogP contribution in [0.5, 0.6) is 5.75 Å². The van der Waals surface area contributed by atoms with Crippen LogP contribution in [0.25, 0.3) is 17.1 Å². The number of primary amides is 1. The maximum absolute atomic E-state index is 12.4. The molecule has 0 aliphatic rings. The van der Waals surface area contributed by atoms with Crippen LogP contribution >= 0.6 is 12.2 Å². The van der Waals surface area contributed by atoms with Gasteiger partial charge >= 0.3 is 12.4 Å². The smallest absolute Gasteiger partial charge is 0.406 e. The lowest BCUT2D eigenvalue weighted by molar-refractivity contribution is -0.274. The van der Waals surface area contributed by atoms with E-state index < -0.39 is 12.4 Å². The average Bonchev–Trinajstić information content (AvgIpc) is 3.39. The van der Waals surface area contributed by atoms with Gasteiger partial charge in [0.25, 0.3) is 0 Å². The molecule has 0 saturated carbocycles. The second kappa shape index (κ2) is 12.4. The van der Waals surface area contributed by atoms with Crippen LogP contribution in [-0.2, 0) is 6.42 Å². The number of carbonyl (C=O) groups is 1. The number of aromatic nitrogens is 3. The molecular formula is C29H29F3N6O2S. The van der Waals surface area contributed by atoms with Crippen molar-refractivity contribution in [1.82, 2.24) is 19.7 Å². The number of hydrogen-bond donors (Lipinski definition) is 2. The molecule has 0 atom stereocenters. The van der Waals surface area contributed by atoms with Gasteiger partial charge in [-0.05, 0) is 78.5 Å². The topological polar surface area (TPSA) is 98.3 Å². The molecule has 41 heavy (non-hydrogen) atoms. The number of urea groups is 1. The number of halogens is 3. The normalized spacial score (nSPS) is 11.4. The van der Waals surface area contributed by atoms with Crippen LogP contribution in [0.1, 0.15) is 36.5 Å². The number of anilines is 1. The van der Waals surface area contributed by atoms with E-state index in [1.54, 1.807) is 0 Å². The molecule has 12 heteroatoms. The van der Waals surface area contributed by atoms with Crippen LogP contribution in [0, 0.1) is 6.92 Å². The van der Waals surface area contributed by atoms with E-state index in [1.807, 2.05) is 49.4 Å². The Balaban J connectivity index is 1.39. The van der Waals surface area contributed by atoms with Crippen LogP contribution in [0.15, 0.2) is 73.1 Å². The van der Waals surface area contributed by atoms with Gasteiger partial charge in [-0.15, -0.1) is 18.3 Å². The molecule has 0 bridgehead atoms. The lowest BCUT2D eigenvalue weighted by atomic mass is 9.99. The van der Waals surface area contributed by atoms with E-state index in [0.717, 1.165) is 27.9 Å². The molecule has 1 heterocycles. The Bertz CT molecular complexity index is 1520. The SMILES string of the molecule is Cc1ccc(C(C)C)c(NC(=S)N(CCc2ccc(-c3ncn(-c4ccc(OC(F)(F)F)cc4)n3)cc2)C(N)=O)c1. The molecule has 4 rings (SSSR count). The molecule has 214 valence electrons. The number of nitrogens with zero attached hydrogens (tertiary/aromatic N) is 4. The third-order valence-corrected chi connectivity index (χ3v) is 6.57. The van der Waals surface area contributed by atoms with Crippen LogP contribution in [0.3, 0.4) is 0 Å². The first-order valence-electron chi connectivity index (χ1n) is 12.8. The molecule has 4 aromatic rings. The quantitative estimate of drug-likeness (QED) is 0.228. The Kier molecular flexibility index (Phi) is 8.92. The highest BCUT2D eigenvalue weighted by atomic mass is 32.1. The zero-order valence-corrected chi connectivity index (χ0v) is 23.5. The summed E-state index contributed by atoms with van der Waals surface area (Å²) < 4.78 is 42.5. The third kappa shape index (κ3) is 7.82. The van der Waals surface area contributed by atoms with Crippen molar-refractivity contribution in [3.8, 4) is 22.8 Å². The lowest BCUT2D eigenvalue weighted by Crippen LogP contribution is -2.44. The Hall–Kier alpha value is -4.45. The van der Waals surface area contributed by atoms with Crippen molar-refractivity contribution in [2.24, 2.45) is 5.73 Å². The number of aryl methyl sites for hydroxylation is 1. The molecule has 0 radical (unpaired) electrons. The first kappa shape index (κ1) is 29.5. The number of thiocarbonyl (C=S) groups is 1. The summed E-state index contributed by atoms with van der Waals surface area (Å²) in [6.45, 7) is 6.44. The van der Waals surface area contributed by atoms with Crippen molar-refractivity contribution in [2.45, 2.75) is 39.5 Å². The summed E-state index contributed by atoms with van der Waals surface area (Å²) in [5.74, 6) is 0.384. The largest absolute Gasteiger partial charge is 0.573 e. The first-order chi connectivity index (χ1) is 19.4. The molecule has 8 nitrogen and oxygen atoms in total. The molecule has 0 saturated heterocycles. The molecule has 0 fully saturated rings. The Morgan fingerprint density at radius 3 is 2.39 bits per heavy atom. The molecule has 2 amide bonds. The Morgan fingerprint density at radius 1 is 1.10 bits per heavy atom. The number of nitrogens with one attached hydrogen (secondary N) is 1. The van der Waals surface area contributed by atoms with Crippen molar-refractivity contribution < 1.29 is 22.7 Å². The number of rotatable bonds is 8. The highest BCUT2D eigenvalue weighted by molar-refractivity contribution is 7.80. The maximum Gasteiger partial charge on any atom is 0.573 e. The summed E-state index contributed by atoms with van der Waals surface area (Å²) in [5.41, 5.74) is 10.9. The van der Waals surface area contributed by atoms with Crippen molar-refractivity contribution >= 4 is 29.0 Å². The van der Waals surface area contributed by atoms with Crippen LogP contribution in [0.2, 0.25) is 0 Å². The summed E-state index contributed by atoms with van der Waals surface area (Å²) in [5, 5.41) is 7.84. The predicted molar refractivity (Wildman–Crippen MR) is 155 cm³/mol. The number of nitrogens with two attached hydrogens (primary N) is 1. The van der Waals surface area contributed by atoms with Gasteiger partial charge in [0, 0.05) is 17.8 Å². The highest BCUT2D eigenvalue weighted by Crippen LogP contribution is 2.26. The number of ether oxygens (including phenoxy) is 1. The van der Waals surface area contributed by atoms with Crippen LogP contribution in [-0.4, -0.2) is 43.7 Å². The average molecular weight is 583 g/mol. The molecule has 0 unspecified atom stereocenters. The van der Waals surface area contributed by atoms with Gasteiger partial charge in [0.15, 0.2) is 10.9 Å². The molecule has 1 aromatic heterocycles. The summed E-state index contributed by atoms with van der Waals surface area (Å²) in [6.07, 6.45) is -2.78. The summed E-state index contributed by atoms with van der Waals surface area (Å²) >= 11 is 5.53. The second-order valence-electron chi connectivity index (χ2n) is 9.67. The fourth-order valence-electron chi connectivity index (χ4n) is 4.16. The van der Waals surface area contributed by atoms with E-state index in [9.17, 15) is 18.0 Å². The van der Waals surface area contributed by atoms with Gasteiger partial charge < -0.3 is 15.8 Å². The van der Waals surface area contributed by atoms with Crippen molar-refractivity contribution in [3.63, 3.8) is 0 Å².